The van der Waals surface area contributed by atoms with Gasteiger partial charge >= 0.3 is 0 Å². The summed E-state index contributed by atoms with van der Waals surface area (Å²) in [7, 11) is 0. The van der Waals surface area contributed by atoms with Crippen molar-refractivity contribution < 1.29 is 4.74 Å². The third kappa shape index (κ3) is 4.52. The minimum Gasteiger partial charge on any atom is -0.379 e. The fourth-order valence-corrected chi connectivity index (χ4v) is 2.77. The number of rotatable bonds is 5. The van der Waals surface area contributed by atoms with Gasteiger partial charge in [0.25, 0.3) is 0 Å². The van der Waals surface area contributed by atoms with Crippen LogP contribution in [0.4, 0.5) is 0 Å². The fraction of sp³-hybridized carbons (Fsp3) is 0.727. The molecule has 4 nitrogen and oxygen atoms in total. The number of hydrogen-bond acceptors (Lipinski definition) is 5. The predicted octanol–water partition coefficient (Wildman–Crippen LogP) is 1.61. The van der Waals surface area contributed by atoms with Gasteiger partial charge in [-0.2, -0.15) is 0 Å². The minimum atomic E-state index is 0.454. The molecule has 2 heterocycles. The Hall–Kier alpha value is -0.200. The van der Waals surface area contributed by atoms with Gasteiger partial charge in [-0.25, -0.2) is 4.98 Å². The van der Waals surface area contributed by atoms with E-state index in [0.717, 1.165) is 48.7 Å². The fourth-order valence-electron chi connectivity index (χ4n) is 1.87. The number of nitrogens with zero attached hydrogens (tertiary/aromatic N) is 2. The topological polar surface area (TPSA) is 37.4 Å². The summed E-state index contributed by atoms with van der Waals surface area (Å²) >= 11 is 7.37. The Bertz CT molecular complexity index is 341. The first-order valence-electron chi connectivity index (χ1n) is 5.88. The van der Waals surface area contributed by atoms with E-state index in [2.05, 4.69) is 22.1 Å². The number of hydrogen-bond donors (Lipinski definition) is 1. The average molecular weight is 276 g/mol. The highest BCUT2D eigenvalue weighted by molar-refractivity contribution is 7.15. The molecule has 17 heavy (non-hydrogen) atoms. The Kier molecular flexibility index (Phi) is 5.18. The van der Waals surface area contributed by atoms with E-state index in [9.17, 15) is 0 Å². The molecule has 1 atom stereocenters. The monoisotopic (exact) mass is 275 g/mol. The molecule has 0 bridgehead atoms. The van der Waals surface area contributed by atoms with Crippen molar-refractivity contribution >= 4 is 22.9 Å². The van der Waals surface area contributed by atoms with Crippen LogP contribution < -0.4 is 5.32 Å². The maximum atomic E-state index is 5.84. The summed E-state index contributed by atoms with van der Waals surface area (Å²) in [6.07, 6.45) is 1.70. The molecule has 2 rings (SSSR count). The van der Waals surface area contributed by atoms with E-state index in [0.29, 0.717) is 6.04 Å². The van der Waals surface area contributed by atoms with Crippen molar-refractivity contribution in [3.8, 4) is 0 Å². The van der Waals surface area contributed by atoms with Crippen LogP contribution in [-0.2, 0) is 11.3 Å². The number of halogens is 1. The van der Waals surface area contributed by atoms with E-state index in [-0.39, 0.29) is 0 Å². The lowest BCUT2D eigenvalue weighted by Crippen LogP contribution is -2.44. The number of ether oxygens (including phenoxy) is 1. The smallest absolute Gasteiger partial charge is 0.113 e. The maximum Gasteiger partial charge on any atom is 0.113 e. The summed E-state index contributed by atoms with van der Waals surface area (Å²) in [5.41, 5.74) is 0. The van der Waals surface area contributed by atoms with Gasteiger partial charge in [0.15, 0.2) is 0 Å². The molecule has 6 heteroatoms. The van der Waals surface area contributed by atoms with Crippen LogP contribution in [0.2, 0.25) is 4.34 Å². The largest absolute Gasteiger partial charge is 0.379 e. The zero-order chi connectivity index (χ0) is 12.1. The molecule has 1 aromatic rings. The first kappa shape index (κ1) is 13.2. The van der Waals surface area contributed by atoms with Crippen molar-refractivity contribution in [3.05, 3.63) is 15.5 Å². The van der Waals surface area contributed by atoms with Crippen LogP contribution in [0.25, 0.3) is 0 Å². The Labute approximate surface area is 111 Å². The highest BCUT2D eigenvalue weighted by Crippen LogP contribution is 2.17. The van der Waals surface area contributed by atoms with Gasteiger partial charge in [-0.3, -0.25) is 4.90 Å². The number of thiazole rings is 1. The predicted molar refractivity (Wildman–Crippen MR) is 70.7 cm³/mol. The van der Waals surface area contributed by atoms with E-state index in [1.165, 1.54) is 11.3 Å². The highest BCUT2D eigenvalue weighted by atomic mass is 35.5. The first-order chi connectivity index (χ1) is 8.24. The van der Waals surface area contributed by atoms with Crippen molar-refractivity contribution in [2.24, 2.45) is 0 Å². The van der Waals surface area contributed by atoms with Gasteiger partial charge in [0.2, 0.25) is 0 Å². The Morgan fingerprint density at radius 2 is 2.35 bits per heavy atom. The van der Waals surface area contributed by atoms with Gasteiger partial charge in [-0.15, -0.1) is 11.3 Å². The summed E-state index contributed by atoms with van der Waals surface area (Å²) in [4.78, 5) is 6.65. The van der Waals surface area contributed by atoms with E-state index < -0.39 is 0 Å². The first-order valence-corrected chi connectivity index (χ1v) is 7.07. The van der Waals surface area contributed by atoms with Gasteiger partial charge in [0, 0.05) is 32.2 Å². The summed E-state index contributed by atoms with van der Waals surface area (Å²) < 4.78 is 6.08. The molecule has 0 spiro atoms. The van der Waals surface area contributed by atoms with Crippen molar-refractivity contribution in [1.82, 2.24) is 15.2 Å². The van der Waals surface area contributed by atoms with Crippen LogP contribution in [0, 0.1) is 0 Å². The van der Waals surface area contributed by atoms with Crippen LogP contribution in [0.1, 0.15) is 11.9 Å². The molecular weight excluding hydrogens is 258 g/mol. The molecule has 96 valence electrons. The third-order valence-corrected chi connectivity index (χ3v) is 3.88. The molecule has 1 aliphatic heterocycles. The molecule has 0 aliphatic carbocycles. The zero-order valence-electron chi connectivity index (χ0n) is 9.99. The average Bonchev–Trinajstić information content (AvgIpc) is 2.74. The molecule has 0 radical (unpaired) electrons. The lowest BCUT2D eigenvalue weighted by molar-refractivity contribution is 0.0343. The molecule has 0 aromatic carbocycles. The van der Waals surface area contributed by atoms with Crippen LogP contribution in [0.5, 0.6) is 0 Å². The van der Waals surface area contributed by atoms with Crippen LogP contribution in [0.3, 0.4) is 0 Å². The Morgan fingerprint density at radius 3 is 3.00 bits per heavy atom. The van der Waals surface area contributed by atoms with Gasteiger partial charge in [-0.1, -0.05) is 11.6 Å². The molecule has 0 saturated carbocycles. The lowest BCUT2D eigenvalue weighted by Gasteiger charge is -2.29. The second-order valence-electron chi connectivity index (χ2n) is 4.25. The van der Waals surface area contributed by atoms with Gasteiger partial charge < -0.3 is 10.1 Å². The van der Waals surface area contributed by atoms with Gasteiger partial charge in [0.05, 0.1) is 19.4 Å². The quantitative estimate of drug-likeness (QED) is 0.886. The summed E-state index contributed by atoms with van der Waals surface area (Å²) in [5.74, 6) is 0. The van der Waals surface area contributed by atoms with Crippen LogP contribution >= 0.6 is 22.9 Å². The van der Waals surface area contributed by atoms with Crippen LogP contribution in [0.15, 0.2) is 6.20 Å². The molecule has 1 N–H and O–H groups in total. The standard InChI is InChI=1S/C11H18ClN3OS/c1-9(8-15-2-4-16-5-3-15)13-7-11-14-6-10(12)17-11/h6,9,13H,2-5,7-8H2,1H3. The number of morpholine rings is 1. The minimum absolute atomic E-state index is 0.454. The van der Waals surface area contributed by atoms with E-state index in [1.54, 1.807) is 6.20 Å². The van der Waals surface area contributed by atoms with E-state index >= 15 is 0 Å². The molecule has 1 fully saturated rings. The maximum absolute atomic E-state index is 5.84. The van der Waals surface area contributed by atoms with E-state index in [1.807, 2.05) is 0 Å². The van der Waals surface area contributed by atoms with Crippen molar-refractivity contribution in [1.29, 1.82) is 0 Å². The third-order valence-electron chi connectivity index (χ3n) is 2.76. The summed E-state index contributed by atoms with van der Waals surface area (Å²) in [5, 5.41) is 4.51. The summed E-state index contributed by atoms with van der Waals surface area (Å²) in [6, 6.07) is 0.454. The molecule has 0 amide bonds. The lowest BCUT2D eigenvalue weighted by atomic mass is 10.3. The highest BCUT2D eigenvalue weighted by Gasteiger charge is 2.13. The van der Waals surface area contributed by atoms with Gasteiger partial charge in [0.1, 0.15) is 9.34 Å². The second kappa shape index (κ2) is 6.66. The normalized spacial score (nSPS) is 19.4. The van der Waals surface area contributed by atoms with E-state index in [4.69, 9.17) is 16.3 Å². The van der Waals surface area contributed by atoms with Crippen molar-refractivity contribution in [2.45, 2.75) is 19.5 Å². The zero-order valence-corrected chi connectivity index (χ0v) is 11.6. The second-order valence-corrected chi connectivity index (χ2v) is 6.00. The van der Waals surface area contributed by atoms with Crippen molar-refractivity contribution in [3.63, 3.8) is 0 Å². The Balaban J connectivity index is 1.68. The number of nitrogens with one attached hydrogen (secondary N) is 1. The van der Waals surface area contributed by atoms with Gasteiger partial charge in [-0.05, 0) is 6.92 Å². The molecular formula is C11H18ClN3OS. The van der Waals surface area contributed by atoms with Crippen molar-refractivity contribution in [2.75, 3.05) is 32.8 Å². The van der Waals surface area contributed by atoms with Crippen LogP contribution in [-0.4, -0.2) is 48.8 Å². The Morgan fingerprint density at radius 1 is 1.59 bits per heavy atom. The summed E-state index contributed by atoms with van der Waals surface area (Å²) in [6.45, 7) is 7.84. The number of aromatic nitrogens is 1. The molecule has 1 saturated heterocycles. The molecule has 1 unspecified atom stereocenters. The molecule has 1 aliphatic rings. The SMILES string of the molecule is CC(CN1CCOCC1)NCc1ncc(Cl)s1. The molecule has 1 aromatic heterocycles.